The Bertz CT molecular complexity index is 973. The van der Waals surface area contributed by atoms with Gasteiger partial charge in [-0.2, -0.15) is 0 Å². The zero-order valence-electron chi connectivity index (χ0n) is 15.4. The number of carbonyl (C=O) groups is 2. The van der Waals surface area contributed by atoms with Crippen LogP contribution >= 0.6 is 0 Å². The molecule has 138 valence electrons. The van der Waals surface area contributed by atoms with E-state index in [-0.39, 0.29) is 5.91 Å². The van der Waals surface area contributed by atoms with Crippen molar-refractivity contribution >= 4 is 28.9 Å². The molecule has 5 nitrogen and oxygen atoms in total. The molecule has 0 saturated heterocycles. The Balaban J connectivity index is 1.78. The quantitative estimate of drug-likeness (QED) is 0.521. The van der Waals surface area contributed by atoms with Gasteiger partial charge in [0.05, 0.1) is 7.11 Å². The third kappa shape index (κ3) is 4.44. The molecule has 3 rings (SSSR count). The van der Waals surface area contributed by atoms with Gasteiger partial charge < -0.3 is 15.0 Å². The molecule has 1 unspecified atom stereocenters. The first-order valence-corrected chi connectivity index (χ1v) is 8.75. The highest BCUT2D eigenvalue weighted by molar-refractivity contribution is 5.99. The van der Waals surface area contributed by atoms with Gasteiger partial charge in [-0.3, -0.25) is 4.79 Å². The summed E-state index contributed by atoms with van der Waals surface area (Å²) in [6.07, 6.45) is 4.00. The number of amides is 1. The van der Waals surface area contributed by atoms with Gasteiger partial charge in [-0.1, -0.05) is 48.5 Å². The average molecular weight is 362 g/mol. The molecule has 0 radical (unpaired) electrons. The second-order valence-electron chi connectivity index (χ2n) is 6.35. The fourth-order valence-electron chi connectivity index (χ4n) is 2.99. The summed E-state index contributed by atoms with van der Waals surface area (Å²) in [6, 6.07) is 16.6. The number of aromatic amines is 1. The lowest BCUT2D eigenvalue weighted by molar-refractivity contribution is -0.144. The third-order valence-corrected chi connectivity index (χ3v) is 4.43. The van der Waals surface area contributed by atoms with E-state index in [2.05, 4.69) is 10.3 Å². The van der Waals surface area contributed by atoms with Crippen LogP contribution in [0.5, 0.6) is 0 Å². The van der Waals surface area contributed by atoms with E-state index >= 15 is 0 Å². The highest BCUT2D eigenvalue weighted by Crippen LogP contribution is 2.19. The lowest BCUT2D eigenvalue weighted by Crippen LogP contribution is -2.43. The van der Waals surface area contributed by atoms with Gasteiger partial charge in [-0.05, 0) is 30.2 Å². The molecule has 0 aliphatic carbocycles. The fourth-order valence-corrected chi connectivity index (χ4v) is 2.99. The van der Waals surface area contributed by atoms with Crippen molar-refractivity contribution < 1.29 is 14.3 Å². The summed E-state index contributed by atoms with van der Waals surface area (Å²) < 4.78 is 4.89. The van der Waals surface area contributed by atoms with E-state index in [1.807, 2.05) is 60.8 Å². The zero-order chi connectivity index (χ0) is 19.2. The minimum atomic E-state index is -0.763. The molecule has 1 amide bonds. The highest BCUT2D eigenvalue weighted by Gasteiger charge is 2.23. The number of ether oxygens (including phenoxy) is 1. The Morgan fingerprint density at radius 3 is 2.56 bits per heavy atom. The molecule has 1 atom stereocenters. The summed E-state index contributed by atoms with van der Waals surface area (Å²) in [7, 11) is 1.32. The molecule has 3 aromatic rings. The number of nitrogens with one attached hydrogen (secondary N) is 2. The largest absolute Gasteiger partial charge is 0.467 e. The van der Waals surface area contributed by atoms with E-state index in [1.165, 1.54) is 7.11 Å². The maximum atomic E-state index is 12.6. The van der Waals surface area contributed by atoms with Crippen LogP contribution in [-0.4, -0.2) is 30.0 Å². The van der Waals surface area contributed by atoms with Crippen LogP contribution in [0.4, 0.5) is 0 Å². The number of hydrogen-bond acceptors (Lipinski definition) is 3. The molecule has 0 saturated carbocycles. The van der Waals surface area contributed by atoms with Crippen LogP contribution in [0.15, 0.2) is 66.4 Å². The van der Waals surface area contributed by atoms with Gasteiger partial charge in [0.15, 0.2) is 0 Å². The highest BCUT2D eigenvalue weighted by atomic mass is 16.5. The van der Waals surface area contributed by atoms with Crippen LogP contribution in [-0.2, 0) is 20.7 Å². The summed E-state index contributed by atoms with van der Waals surface area (Å²) in [4.78, 5) is 28.0. The van der Waals surface area contributed by atoms with Crippen molar-refractivity contribution in [1.82, 2.24) is 10.3 Å². The second kappa shape index (κ2) is 8.36. The van der Waals surface area contributed by atoms with Gasteiger partial charge >= 0.3 is 5.97 Å². The minimum absolute atomic E-state index is 0.297. The number of methoxy groups -OCH3 is 1. The Kier molecular flexibility index (Phi) is 5.71. The third-order valence-electron chi connectivity index (χ3n) is 4.43. The number of esters is 1. The summed E-state index contributed by atoms with van der Waals surface area (Å²) >= 11 is 0. The van der Waals surface area contributed by atoms with E-state index in [0.717, 1.165) is 22.0 Å². The maximum Gasteiger partial charge on any atom is 0.328 e. The Hall–Kier alpha value is -3.34. The molecule has 1 aromatic heterocycles. The van der Waals surface area contributed by atoms with Crippen LogP contribution in [0.25, 0.3) is 17.0 Å². The predicted octanol–water partition coefficient (Wildman–Crippen LogP) is 3.47. The molecule has 0 aliphatic rings. The molecule has 2 aromatic carbocycles. The molecular weight excluding hydrogens is 340 g/mol. The van der Waals surface area contributed by atoms with Crippen molar-refractivity contribution in [3.05, 3.63) is 77.5 Å². The number of hydrogen-bond donors (Lipinski definition) is 2. The smallest absolute Gasteiger partial charge is 0.328 e. The van der Waals surface area contributed by atoms with Crippen molar-refractivity contribution in [1.29, 1.82) is 0 Å². The SMILES string of the molecule is COC(=O)C(Cc1c[nH]c2ccccc12)NC(=O)C(C)=Cc1ccccc1. The number of H-pyrrole nitrogens is 1. The van der Waals surface area contributed by atoms with Gasteiger partial charge in [-0.15, -0.1) is 0 Å². The lowest BCUT2D eigenvalue weighted by Gasteiger charge is -2.16. The maximum absolute atomic E-state index is 12.6. The molecule has 27 heavy (non-hydrogen) atoms. The van der Waals surface area contributed by atoms with Gasteiger partial charge in [-0.25, -0.2) is 4.79 Å². The number of aromatic nitrogens is 1. The fraction of sp³-hybridized carbons (Fsp3) is 0.182. The normalized spacial score (nSPS) is 12.6. The Morgan fingerprint density at radius 2 is 1.81 bits per heavy atom. The second-order valence-corrected chi connectivity index (χ2v) is 6.35. The van der Waals surface area contributed by atoms with E-state index in [9.17, 15) is 9.59 Å². The summed E-state index contributed by atoms with van der Waals surface area (Å²) in [6.45, 7) is 1.72. The monoisotopic (exact) mass is 362 g/mol. The summed E-state index contributed by atoms with van der Waals surface area (Å²) in [5.41, 5.74) is 3.39. The van der Waals surface area contributed by atoms with E-state index in [4.69, 9.17) is 4.74 Å². The van der Waals surface area contributed by atoms with Crippen LogP contribution < -0.4 is 5.32 Å². The van der Waals surface area contributed by atoms with Gasteiger partial charge in [0.2, 0.25) is 5.91 Å². The molecule has 0 bridgehead atoms. The number of benzene rings is 2. The molecule has 0 spiro atoms. The molecule has 0 fully saturated rings. The predicted molar refractivity (Wildman–Crippen MR) is 106 cm³/mol. The van der Waals surface area contributed by atoms with Gasteiger partial charge in [0.1, 0.15) is 6.04 Å². The van der Waals surface area contributed by atoms with Crippen molar-refractivity contribution in [3.8, 4) is 0 Å². The molecule has 2 N–H and O–H groups in total. The first-order chi connectivity index (χ1) is 13.1. The van der Waals surface area contributed by atoms with Crippen LogP contribution in [0.2, 0.25) is 0 Å². The number of rotatable bonds is 6. The number of fused-ring (bicyclic) bond motifs is 1. The summed E-state index contributed by atoms with van der Waals surface area (Å²) in [5.74, 6) is -0.768. The molecule has 1 heterocycles. The minimum Gasteiger partial charge on any atom is -0.467 e. The van der Waals surface area contributed by atoms with Crippen molar-refractivity contribution in [3.63, 3.8) is 0 Å². The van der Waals surface area contributed by atoms with Crippen LogP contribution in [0.3, 0.4) is 0 Å². The van der Waals surface area contributed by atoms with Gasteiger partial charge in [0, 0.05) is 29.1 Å². The van der Waals surface area contributed by atoms with Crippen LogP contribution in [0.1, 0.15) is 18.1 Å². The zero-order valence-corrected chi connectivity index (χ0v) is 15.4. The Morgan fingerprint density at radius 1 is 1.11 bits per heavy atom. The average Bonchev–Trinajstić information content (AvgIpc) is 3.10. The topological polar surface area (TPSA) is 71.2 Å². The van der Waals surface area contributed by atoms with Crippen LogP contribution in [0, 0.1) is 0 Å². The summed E-state index contributed by atoms with van der Waals surface area (Å²) in [5, 5.41) is 3.82. The lowest BCUT2D eigenvalue weighted by atomic mass is 10.0. The van der Waals surface area contributed by atoms with E-state index < -0.39 is 12.0 Å². The van der Waals surface area contributed by atoms with Gasteiger partial charge in [0.25, 0.3) is 0 Å². The van der Waals surface area contributed by atoms with E-state index in [0.29, 0.717) is 12.0 Å². The van der Waals surface area contributed by atoms with Crippen molar-refractivity contribution in [2.24, 2.45) is 0 Å². The molecular formula is C22H22N2O3. The first-order valence-electron chi connectivity index (χ1n) is 8.75. The first kappa shape index (κ1) is 18.5. The van der Waals surface area contributed by atoms with Crippen molar-refractivity contribution in [2.75, 3.05) is 7.11 Å². The standard InChI is InChI=1S/C22H22N2O3/c1-15(12-16-8-4-3-5-9-16)21(25)24-20(22(26)27-2)13-17-14-23-19-11-7-6-10-18(17)19/h3-12,14,20,23H,13H2,1-2H3,(H,24,25). The van der Waals surface area contributed by atoms with Crippen molar-refractivity contribution in [2.45, 2.75) is 19.4 Å². The number of para-hydroxylation sites is 1. The Labute approximate surface area is 158 Å². The molecule has 5 heteroatoms. The molecule has 0 aliphatic heterocycles. The number of carbonyl (C=O) groups excluding carboxylic acids is 2. The van der Waals surface area contributed by atoms with E-state index in [1.54, 1.807) is 13.0 Å².